The molecule has 13 aromatic rings. The second kappa shape index (κ2) is 14.4. The molecule has 13 rings (SSSR count). The Morgan fingerprint density at radius 3 is 1.62 bits per heavy atom. The standard InChI is InChI=1S/C57H34N4S2/c1-3-14-35(15-4-1)37-18-13-19-38(30-37)39-26-28-45-47-33-41(61-49-23-10-7-20-42(49)43-21-8-11-24-50(43)61)34-48(54(47)63-53(45)32-39)57-59-55(36-16-5-2-6-17-36)58-56(60-57)40-27-29-52-46(31-40)44-22-9-12-25-51(44)62-52/h1-34H. The Hall–Kier alpha value is -7.77. The molecule has 9 aromatic carbocycles. The predicted molar refractivity (Wildman–Crippen MR) is 267 cm³/mol. The summed E-state index contributed by atoms with van der Waals surface area (Å²) in [6.07, 6.45) is 0. The number of benzene rings is 9. The Balaban J connectivity index is 1.07. The highest BCUT2D eigenvalue weighted by Crippen LogP contribution is 2.45. The molecule has 294 valence electrons. The molecule has 0 saturated heterocycles. The van der Waals surface area contributed by atoms with E-state index < -0.39 is 0 Å². The molecule has 0 aliphatic carbocycles. The molecule has 0 amide bonds. The van der Waals surface area contributed by atoms with Crippen LogP contribution in [0, 0.1) is 0 Å². The number of para-hydroxylation sites is 2. The van der Waals surface area contributed by atoms with Crippen LogP contribution < -0.4 is 0 Å². The van der Waals surface area contributed by atoms with Gasteiger partial charge in [-0.25, -0.2) is 15.0 Å². The van der Waals surface area contributed by atoms with E-state index >= 15 is 0 Å². The van der Waals surface area contributed by atoms with Gasteiger partial charge in [0.15, 0.2) is 17.5 Å². The van der Waals surface area contributed by atoms with Crippen molar-refractivity contribution >= 4 is 84.8 Å². The van der Waals surface area contributed by atoms with Gasteiger partial charge in [0.1, 0.15) is 0 Å². The first kappa shape index (κ1) is 35.9. The summed E-state index contributed by atoms with van der Waals surface area (Å²) in [7, 11) is 0. The molecular formula is C57H34N4S2. The van der Waals surface area contributed by atoms with Crippen LogP contribution in [0.3, 0.4) is 0 Å². The first-order valence-corrected chi connectivity index (χ1v) is 22.7. The summed E-state index contributed by atoms with van der Waals surface area (Å²) < 4.78 is 7.26. The lowest BCUT2D eigenvalue weighted by atomic mass is 9.98. The van der Waals surface area contributed by atoms with E-state index in [4.69, 9.17) is 15.0 Å². The highest BCUT2D eigenvalue weighted by atomic mass is 32.1. The van der Waals surface area contributed by atoms with Crippen LogP contribution in [0.15, 0.2) is 206 Å². The zero-order valence-electron chi connectivity index (χ0n) is 33.7. The largest absolute Gasteiger partial charge is 0.309 e. The molecule has 4 nitrogen and oxygen atoms in total. The Morgan fingerprint density at radius 2 is 0.857 bits per heavy atom. The third-order valence-electron chi connectivity index (χ3n) is 12.2. The number of hydrogen-bond donors (Lipinski definition) is 0. The highest BCUT2D eigenvalue weighted by Gasteiger charge is 2.21. The number of rotatable bonds is 6. The van der Waals surface area contributed by atoms with Gasteiger partial charge in [-0.1, -0.05) is 146 Å². The Bertz CT molecular complexity index is 3870. The van der Waals surface area contributed by atoms with E-state index in [-0.39, 0.29) is 0 Å². The first-order chi connectivity index (χ1) is 31.2. The second-order valence-electron chi connectivity index (χ2n) is 16.0. The van der Waals surface area contributed by atoms with Gasteiger partial charge in [0, 0.05) is 73.5 Å². The van der Waals surface area contributed by atoms with E-state index in [1.807, 2.05) is 29.5 Å². The van der Waals surface area contributed by atoms with Crippen LogP contribution in [0.5, 0.6) is 0 Å². The molecule has 0 fully saturated rings. The summed E-state index contributed by atoms with van der Waals surface area (Å²) in [6.45, 7) is 0. The van der Waals surface area contributed by atoms with Crippen molar-refractivity contribution in [2.75, 3.05) is 0 Å². The number of thiophene rings is 2. The predicted octanol–water partition coefficient (Wildman–Crippen LogP) is 16.0. The SMILES string of the molecule is c1ccc(-c2cccc(-c3ccc4c(c3)sc3c(-c5nc(-c6ccccc6)nc(-c6ccc7sc8ccccc8c7c6)n5)cc(-n5c6ccccc6c6ccccc65)cc34)c2)cc1. The Morgan fingerprint density at radius 1 is 0.302 bits per heavy atom. The molecule has 0 radical (unpaired) electrons. The highest BCUT2D eigenvalue weighted by molar-refractivity contribution is 7.26. The molecule has 0 aliphatic heterocycles. The third-order valence-corrected chi connectivity index (χ3v) is 14.6. The van der Waals surface area contributed by atoms with Crippen molar-refractivity contribution in [3.05, 3.63) is 206 Å². The van der Waals surface area contributed by atoms with Gasteiger partial charge in [0.25, 0.3) is 0 Å². The van der Waals surface area contributed by atoms with Crippen molar-refractivity contribution in [1.82, 2.24) is 19.5 Å². The molecular weight excluding hydrogens is 805 g/mol. The summed E-state index contributed by atoms with van der Waals surface area (Å²) in [5.74, 6) is 1.93. The van der Waals surface area contributed by atoms with E-state index in [1.54, 1.807) is 11.3 Å². The Kier molecular flexibility index (Phi) is 8.22. The second-order valence-corrected chi connectivity index (χ2v) is 18.1. The molecule has 0 aliphatic rings. The van der Waals surface area contributed by atoms with Gasteiger partial charge in [-0.15, -0.1) is 22.7 Å². The lowest BCUT2D eigenvalue weighted by Crippen LogP contribution is -2.01. The zero-order valence-corrected chi connectivity index (χ0v) is 35.4. The smallest absolute Gasteiger partial charge is 0.165 e. The lowest BCUT2D eigenvalue weighted by molar-refractivity contribution is 1.08. The maximum absolute atomic E-state index is 5.42. The van der Waals surface area contributed by atoms with Gasteiger partial charge in [-0.3, -0.25) is 0 Å². The molecule has 0 saturated carbocycles. The Labute approximate surface area is 370 Å². The minimum Gasteiger partial charge on any atom is -0.309 e. The number of hydrogen-bond acceptors (Lipinski definition) is 5. The molecule has 0 unspecified atom stereocenters. The summed E-state index contributed by atoms with van der Waals surface area (Å²) in [5, 5.41) is 7.27. The summed E-state index contributed by atoms with van der Waals surface area (Å²) >= 11 is 3.62. The fourth-order valence-electron chi connectivity index (χ4n) is 9.25. The molecule has 0 atom stereocenters. The van der Waals surface area contributed by atoms with Crippen molar-refractivity contribution in [3.8, 4) is 62.1 Å². The van der Waals surface area contributed by atoms with E-state index in [2.05, 4.69) is 193 Å². The van der Waals surface area contributed by atoms with Crippen molar-refractivity contribution in [3.63, 3.8) is 0 Å². The van der Waals surface area contributed by atoms with Gasteiger partial charge in [0.2, 0.25) is 0 Å². The summed E-state index contributed by atoms with van der Waals surface area (Å²) in [5.41, 5.74) is 11.0. The number of fused-ring (bicyclic) bond motifs is 9. The molecule has 0 N–H and O–H groups in total. The van der Waals surface area contributed by atoms with Gasteiger partial charge >= 0.3 is 0 Å². The van der Waals surface area contributed by atoms with Gasteiger partial charge in [-0.2, -0.15) is 0 Å². The minimum absolute atomic E-state index is 0.642. The molecule has 0 spiro atoms. The number of aromatic nitrogens is 4. The van der Waals surface area contributed by atoms with E-state index in [9.17, 15) is 0 Å². The lowest BCUT2D eigenvalue weighted by Gasteiger charge is -2.13. The normalized spacial score (nSPS) is 11.8. The first-order valence-electron chi connectivity index (χ1n) is 21.1. The third kappa shape index (κ3) is 5.98. The molecule has 4 heterocycles. The quantitative estimate of drug-likeness (QED) is 0.168. The van der Waals surface area contributed by atoms with Crippen molar-refractivity contribution in [2.24, 2.45) is 0 Å². The molecule has 63 heavy (non-hydrogen) atoms. The summed E-state index contributed by atoms with van der Waals surface area (Å²) in [6, 6.07) is 73.9. The monoisotopic (exact) mass is 838 g/mol. The van der Waals surface area contributed by atoms with Crippen molar-refractivity contribution in [1.29, 1.82) is 0 Å². The maximum atomic E-state index is 5.42. The number of nitrogens with zero attached hydrogens (tertiary/aromatic N) is 4. The maximum Gasteiger partial charge on any atom is 0.165 e. The van der Waals surface area contributed by atoms with Gasteiger partial charge < -0.3 is 4.57 Å². The molecule has 0 bridgehead atoms. The molecule has 6 heteroatoms. The molecule has 4 aromatic heterocycles. The topological polar surface area (TPSA) is 43.6 Å². The van der Waals surface area contributed by atoms with Crippen LogP contribution in [-0.4, -0.2) is 19.5 Å². The zero-order chi connectivity index (χ0) is 41.4. The van der Waals surface area contributed by atoms with E-state index in [0.29, 0.717) is 17.5 Å². The van der Waals surface area contributed by atoms with Crippen LogP contribution in [-0.2, 0) is 0 Å². The summed E-state index contributed by atoms with van der Waals surface area (Å²) in [4.78, 5) is 16.0. The van der Waals surface area contributed by atoms with Gasteiger partial charge in [-0.05, 0) is 82.9 Å². The van der Waals surface area contributed by atoms with Crippen LogP contribution in [0.25, 0.3) is 124 Å². The average Bonchev–Trinajstić information content (AvgIpc) is 4.03. The fourth-order valence-corrected chi connectivity index (χ4v) is 11.6. The van der Waals surface area contributed by atoms with Crippen LogP contribution in [0.4, 0.5) is 0 Å². The van der Waals surface area contributed by atoms with Crippen LogP contribution in [0.2, 0.25) is 0 Å². The van der Waals surface area contributed by atoms with E-state index in [1.165, 1.54) is 68.7 Å². The van der Waals surface area contributed by atoms with Crippen LogP contribution in [0.1, 0.15) is 0 Å². The fraction of sp³-hybridized carbons (Fsp3) is 0. The average molecular weight is 839 g/mol. The van der Waals surface area contributed by atoms with Crippen LogP contribution >= 0.6 is 22.7 Å². The van der Waals surface area contributed by atoms with E-state index in [0.717, 1.165) is 38.1 Å². The van der Waals surface area contributed by atoms with Crippen molar-refractivity contribution in [2.45, 2.75) is 0 Å². The minimum atomic E-state index is 0.642. The van der Waals surface area contributed by atoms with Crippen molar-refractivity contribution < 1.29 is 0 Å². The van der Waals surface area contributed by atoms with Gasteiger partial charge in [0.05, 0.1) is 11.0 Å².